The predicted molar refractivity (Wildman–Crippen MR) is 74.9 cm³/mol. The zero-order valence-electron chi connectivity index (χ0n) is 10.1. The third-order valence-corrected chi connectivity index (χ3v) is 2.88. The maximum Gasteiger partial charge on any atom is 0.222 e. The summed E-state index contributed by atoms with van der Waals surface area (Å²) in [6.07, 6.45) is 0. The van der Waals surface area contributed by atoms with Crippen LogP contribution in [0.5, 0.6) is 0 Å². The molecule has 0 saturated heterocycles. The Morgan fingerprint density at radius 1 is 0.842 bits per heavy atom. The molecule has 0 spiro atoms. The van der Waals surface area contributed by atoms with Crippen molar-refractivity contribution in [1.82, 2.24) is 9.97 Å². The first-order chi connectivity index (χ1) is 9.38. The number of rotatable bonds is 3. The average molecular weight is 249 g/mol. The maximum absolute atomic E-state index is 10.9. The second-order valence-corrected chi connectivity index (χ2v) is 4.11. The Morgan fingerprint density at radius 3 is 2.00 bits per heavy atom. The zero-order chi connectivity index (χ0) is 13.1. The van der Waals surface area contributed by atoms with Crippen LogP contribution in [0, 0.1) is 4.91 Å². The molecule has 3 aromatic rings. The molecule has 4 nitrogen and oxygen atoms in total. The van der Waals surface area contributed by atoms with E-state index >= 15 is 0 Å². The van der Waals surface area contributed by atoms with Gasteiger partial charge in [-0.25, -0.2) is 4.98 Å². The highest BCUT2D eigenvalue weighted by atomic mass is 16.3. The zero-order valence-corrected chi connectivity index (χ0v) is 10.1. The van der Waals surface area contributed by atoms with Crippen molar-refractivity contribution in [2.24, 2.45) is 5.18 Å². The molecule has 1 N–H and O–H groups in total. The second kappa shape index (κ2) is 4.86. The van der Waals surface area contributed by atoms with Gasteiger partial charge in [0.15, 0.2) is 0 Å². The molecule has 2 aromatic carbocycles. The lowest BCUT2D eigenvalue weighted by molar-refractivity contribution is 1.29. The Bertz CT molecular complexity index is 690. The van der Waals surface area contributed by atoms with Crippen molar-refractivity contribution in [2.75, 3.05) is 0 Å². The van der Waals surface area contributed by atoms with E-state index in [-0.39, 0.29) is 5.82 Å². The van der Waals surface area contributed by atoms with Gasteiger partial charge in [0.1, 0.15) is 5.82 Å². The van der Waals surface area contributed by atoms with Crippen LogP contribution >= 0.6 is 0 Å². The van der Waals surface area contributed by atoms with Crippen molar-refractivity contribution in [2.45, 2.75) is 0 Å². The lowest BCUT2D eigenvalue weighted by atomic mass is 10.1. The largest absolute Gasteiger partial charge is 0.336 e. The fourth-order valence-corrected chi connectivity index (χ4v) is 1.97. The van der Waals surface area contributed by atoms with Crippen LogP contribution in [0.4, 0.5) is 5.82 Å². The van der Waals surface area contributed by atoms with Crippen molar-refractivity contribution in [1.29, 1.82) is 0 Å². The average Bonchev–Trinajstić information content (AvgIpc) is 2.93. The van der Waals surface area contributed by atoms with Gasteiger partial charge in [0.05, 0.1) is 5.69 Å². The molecule has 0 radical (unpaired) electrons. The molecule has 0 amide bonds. The van der Waals surface area contributed by atoms with Gasteiger partial charge in [-0.1, -0.05) is 60.7 Å². The number of benzene rings is 2. The summed E-state index contributed by atoms with van der Waals surface area (Å²) in [4.78, 5) is 18.3. The monoisotopic (exact) mass is 249 g/mol. The molecule has 0 bridgehead atoms. The van der Waals surface area contributed by atoms with E-state index in [9.17, 15) is 4.91 Å². The topological polar surface area (TPSA) is 58.1 Å². The molecule has 3 rings (SSSR count). The van der Waals surface area contributed by atoms with Gasteiger partial charge in [-0.3, -0.25) is 0 Å². The normalized spacial score (nSPS) is 10.3. The summed E-state index contributed by atoms with van der Waals surface area (Å²) in [5, 5.41) is 3.00. The first-order valence-corrected chi connectivity index (χ1v) is 5.92. The van der Waals surface area contributed by atoms with Gasteiger partial charge < -0.3 is 4.98 Å². The van der Waals surface area contributed by atoms with Crippen LogP contribution in [0.3, 0.4) is 0 Å². The molecule has 0 unspecified atom stereocenters. The van der Waals surface area contributed by atoms with Crippen LogP contribution in [0.2, 0.25) is 0 Å². The number of aromatic nitrogens is 2. The minimum atomic E-state index is 0.185. The Morgan fingerprint density at radius 2 is 1.42 bits per heavy atom. The van der Waals surface area contributed by atoms with Crippen LogP contribution in [0.1, 0.15) is 0 Å². The van der Waals surface area contributed by atoms with Gasteiger partial charge in [0.2, 0.25) is 5.82 Å². The lowest BCUT2D eigenvalue weighted by Crippen LogP contribution is -1.80. The molecule has 0 aliphatic heterocycles. The number of nitrogens with zero attached hydrogens (tertiary/aromatic N) is 2. The van der Waals surface area contributed by atoms with Gasteiger partial charge >= 0.3 is 0 Å². The summed E-state index contributed by atoms with van der Waals surface area (Å²) in [6.45, 7) is 0. The lowest BCUT2D eigenvalue weighted by Gasteiger charge is -1.97. The molecule has 92 valence electrons. The number of imidazole rings is 1. The van der Waals surface area contributed by atoms with Crippen molar-refractivity contribution in [3.8, 4) is 22.6 Å². The van der Waals surface area contributed by atoms with Gasteiger partial charge in [0.25, 0.3) is 0 Å². The number of hydrogen-bond acceptors (Lipinski definition) is 3. The van der Waals surface area contributed by atoms with Crippen LogP contribution in [0.25, 0.3) is 22.6 Å². The number of nitroso groups, excluding NO2 is 1. The Balaban J connectivity index is 2.12. The minimum absolute atomic E-state index is 0.185. The summed E-state index contributed by atoms with van der Waals surface area (Å²) >= 11 is 0. The quantitative estimate of drug-likeness (QED) is 0.709. The molecule has 1 aromatic heterocycles. The first-order valence-electron chi connectivity index (χ1n) is 5.92. The number of nitrogens with one attached hydrogen (secondary N) is 1. The number of aromatic amines is 1. The van der Waals surface area contributed by atoms with E-state index in [0.29, 0.717) is 11.5 Å². The summed E-state index contributed by atoms with van der Waals surface area (Å²) in [5.41, 5.74) is 2.47. The molecule has 4 heteroatoms. The smallest absolute Gasteiger partial charge is 0.222 e. The molecule has 0 aliphatic rings. The number of H-pyrrole nitrogens is 1. The fraction of sp³-hybridized carbons (Fsp3) is 0. The third kappa shape index (κ3) is 2.15. The van der Waals surface area contributed by atoms with E-state index in [0.717, 1.165) is 11.1 Å². The SMILES string of the molecule is O=Nc1nc(-c2ccccc2)[nH]c1-c1ccccc1. The van der Waals surface area contributed by atoms with Crippen LogP contribution in [0.15, 0.2) is 65.8 Å². The second-order valence-electron chi connectivity index (χ2n) is 4.11. The minimum Gasteiger partial charge on any atom is -0.336 e. The summed E-state index contributed by atoms with van der Waals surface area (Å²) in [7, 11) is 0. The first kappa shape index (κ1) is 11.3. The van der Waals surface area contributed by atoms with Crippen molar-refractivity contribution in [3.05, 3.63) is 65.6 Å². The highest BCUT2D eigenvalue weighted by Crippen LogP contribution is 2.30. The van der Waals surface area contributed by atoms with Gasteiger partial charge in [-0.05, 0) is 5.18 Å². The standard InChI is InChI=1S/C15H11N3O/c19-18-15-13(11-7-3-1-4-8-11)16-14(17-15)12-9-5-2-6-10-12/h1-10H,(H,16,17). The summed E-state index contributed by atoms with van der Waals surface area (Å²) < 4.78 is 0. The van der Waals surface area contributed by atoms with Crippen molar-refractivity contribution >= 4 is 5.82 Å². The van der Waals surface area contributed by atoms with E-state index < -0.39 is 0 Å². The van der Waals surface area contributed by atoms with Crippen molar-refractivity contribution in [3.63, 3.8) is 0 Å². The van der Waals surface area contributed by atoms with Gasteiger partial charge in [-0.15, -0.1) is 4.91 Å². The van der Waals surface area contributed by atoms with E-state index in [2.05, 4.69) is 15.1 Å². The molecular weight excluding hydrogens is 238 g/mol. The van der Waals surface area contributed by atoms with Crippen LogP contribution < -0.4 is 0 Å². The molecule has 0 fully saturated rings. The summed E-state index contributed by atoms with van der Waals surface area (Å²) in [6, 6.07) is 19.2. The van der Waals surface area contributed by atoms with E-state index in [1.165, 1.54) is 0 Å². The fourth-order valence-electron chi connectivity index (χ4n) is 1.97. The summed E-state index contributed by atoms with van der Waals surface area (Å²) in [5.74, 6) is 0.833. The maximum atomic E-state index is 10.9. The molecule has 19 heavy (non-hydrogen) atoms. The Hall–Kier alpha value is -2.75. The Labute approximate surface area is 110 Å². The third-order valence-electron chi connectivity index (χ3n) is 2.88. The van der Waals surface area contributed by atoms with Crippen LogP contribution in [-0.2, 0) is 0 Å². The highest BCUT2D eigenvalue weighted by molar-refractivity contribution is 5.74. The Kier molecular flexibility index (Phi) is 2.90. The van der Waals surface area contributed by atoms with Crippen LogP contribution in [-0.4, -0.2) is 9.97 Å². The predicted octanol–water partition coefficient (Wildman–Crippen LogP) is 4.14. The van der Waals surface area contributed by atoms with Gasteiger partial charge in [0, 0.05) is 11.1 Å². The molecule has 0 saturated carbocycles. The molecule has 0 aliphatic carbocycles. The van der Waals surface area contributed by atoms with E-state index in [1.807, 2.05) is 60.7 Å². The van der Waals surface area contributed by atoms with E-state index in [4.69, 9.17) is 0 Å². The number of hydrogen-bond donors (Lipinski definition) is 1. The van der Waals surface area contributed by atoms with Crippen molar-refractivity contribution < 1.29 is 0 Å². The molecule has 1 heterocycles. The molecular formula is C15H11N3O. The highest BCUT2D eigenvalue weighted by Gasteiger charge is 2.13. The van der Waals surface area contributed by atoms with E-state index in [1.54, 1.807) is 0 Å². The molecule has 0 atom stereocenters. The van der Waals surface area contributed by atoms with Gasteiger partial charge in [-0.2, -0.15) is 0 Å².